The van der Waals surface area contributed by atoms with Crippen LogP contribution >= 0.6 is 0 Å². The minimum atomic E-state index is -3.69. The summed E-state index contributed by atoms with van der Waals surface area (Å²) in [4.78, 5) is 12.8. The lowest BCUT2D eigenvalue weighted by Crippen LogP contribution is -2.27. The van der Waals surface area contributed by atoms with Gasteiger partial charge < -0.3 is 14.8 Å². The number of benzene rings is 3. The number of nitrogens with one attached hydrogen (secondary N) is 2. The molecule has 0 saturated carbocycles. The molecule has 3 aromatic carbocycles. The Morgan fingerprint density at radius 2 is 1.58 bits per heavy atom. The van der Waals surface area contributed by atoms with Gasteiger partial charge in [0, 0.05) is 16.8 Å². The molecule has 0 saturated heterocycles. The highest BCUT2D eigenvalue weighted by Crippen LogP contribution is 2.29. The third-order valence-electron chi connectivity index (χ3n) is 4.70. The Morgan fingerprint density at radius 1 is 0.903 bits per heavy atom. The second-order valence-corrected chi connectivity index (χ2v) is 8.48. The molecule has 3 aromatic rings. The molecule has 3 rings (SSSR count). The molecule has 0 aliphatic carbocycles. The lowest BCUT2D eigenvalue weighted by molar-refractivity contribution is 0.0939. The van der Waals surface area contributed by atoms with E-state index in [-0.39, 0.29) is 16.8 Å². The SMILES string of the molecule is COc1ccc(OC)c([C@H](C)NC(=O)c2ccc(NS(=O)(=O)c3ccccc3)cc2)c1. The Bertz CT molecular complexity index is 1150. The van der Waals surface area contributed by atoms with Gasteiger partial charge >= 0.3 is 0 Å². The van der Waals surface area contributed by atoms with Crippen LogP contribution in [0.15, 0.2) is 77.7 Å². The normalized spacial score (nSPS) is 12.0. The molecule has 31 heavy (non-hydrogen) atoms. The molecular formula is C23H24N2O5S. The summed E-state index contributed by atoms with van der Waals surface area (Å²) in [5.41, 5.74) is 1.54. The van der Waals surface area contributed by atoms with E-state index in [1.165, 1.54) is 12.1 Å². The van der Waals surface area contributed by atoms with E-state index in [1.807, 2.05) is 13.0 Å². The highest BCUT2D eigenvalue weighted by Gasteiger charge is 2.17. The average Bonchev–Trinajstić information content (AvgIpc) is 2.79. The predicted molar refractivity (Wildman–Crippen MR) is 119 cm³/mol. The minimum Gasteiger partial charge on any atom is -0.497 e. The number of rotatable bonds is 8. The molecule has 0 radical (unpaired) electrons. The van der Waals surface area contributed by atoms with Crippen LogP contribution in [0.3, 0.4) is 0 Å². The number of sulfonamides is 1. The van der Waals surface area contributed by atoms with Crippen molar-refractivity contribution in [1.82, 2.24) is 5.32 Å². The van der Waals surface area contributed by atoms with Gasteiger partial charge in [-0.25, -0.2) is 8.42 Å². The molecule has 0 aliphatic rings. The zero-order valence-electron chi connectivity index (χ0n) is 17.5. The summed E-state index contributed by atoms with van der Waals surface area (Å²) in [6.45, 7) is 1.84. The summed E-state index contributed by atoms with van der Waals surface area (Å²) in [6, 6.07) is 19.3. The number of amides is 1. The highest BCUT2D eigenvalue weighted by molar-refractivity contribution is 7.92. The second-order valence-electron chi connectivity index (χ2n) is 6.80. The predicted octanol–water partition coefficient (Wildman–Crippen LogP) is 4.00. The van der Waals surface area contributed by atoms with Gasteiger partial charge in [-0.1, -0.05) is 18.2 Å². The first-order chi connectivity index (χ1) is 14.8. The largest absolute Gasteiger partial charge is 0.497 e. The van der Waals surface area contributed by atoms with Gasteiger partial charge in [-0.05, 0) is 61.5 Å². The van der Waals surface area contributed by atoms with Crippen molar-refractivity contribution in [3.8, 4) is 11.5 Å². The molecule has 0 fully saturated rings. The van der Waals surface area contributed by atoms with E-state index in [0.717, 1.165) is 5.56 Å². The molecule has 0 bridgehead atoms. The lowest BCUT2D eigenvalue weighted by atomic mass is 10.1. The van der Waals surface area contributed by atoms with Gasteiger partial charge in [0.25, 0.3) is 15.9 Å². The third kappa shape index (κ3) is 5.35. The van der Waals surface area contributed by atoms with Crippen molar-refractivity contribution in [2.24, 2.45) is 0 Å². The lowest BCUT2D eigenvalue weighted by Gasteiger charge is -2.18. The fourth-order valence-electron chi connectivity index (χ4n) is 3.04. The van der Waals surface area contributed by atoms with Gasteiger partial charge in [-0.15, -0.1) is 0 Å². The van der Waals surface area contributed by atoms with Gasteiger partial charge in [0.15, 0.2) is 0 Å². The Kier molecular flexibility index (Phi) is 6.81. The van der Waals surface area contributed by atoms with Gasteiger partial charge in [0.05, 0.1) is 25.2 Å². The van der Waals surface area contributed by atoms with Gasteiger partial charge in [-0.3, -0.25) is 9.52 Å². The van der Waals surface area contributed by atoms with Gasteiger partial charge in [-0.2, -0.15) is 0 Å². The van der Waals surface area contributed by atoms with Gasteiger partial charge in [0.1, 0.15) is 11.5 Å². The van der Waals surface area contributed by atoms with Gasteiger partial charge in [0.2, 0.25) is 0 Å². The molecule has 2 N–H and O–H groups in total. The van der Waals surface area contributed by atoms with Crippen molar-refractivity contribution < 1.29 is 22.7 Å². The van der Waals surface area contributed by atoms with Crippen molar-refractivity contribution in [1.29, 1.82) is 0 Å². The fraction of sp³-hybridized carbons (Fsp3) is 0.174. The van der Waals surface area contributed by atoms with Crippen molar-refractivity contribution in [2.45, 2.75) is 17.9 Å². The molecule has 8 heteroatoms. The van der Waals surface area contributed by atoms with Crippen molar-refractivity contribution >= 4 is 21.6 Å². The number of hydrogen-bond donors (Lipinski definition) is 2. The maximum Gasteiger partial charge on any atom is 0.261 e. The number of anilines is 1. The Morgan fingerprint density at radius 3 is 2.19 bits per heavy atom. The van der Waals surface area contributed by atoms with Crippen molar-refractivity contribution in [3.05, 3.63) is 83.9 Å². The van der Waals surface area contributed by atoms with Crippen LogP contribution in [0.5, 0.6) is 11.5 Å². The minimum absolute atomic E-state index is 0.165. The van der Waals surface area contributed by atoms with E-state index in [0.29, 0.717) is 22.7 Å². The molecule has 0 spiro atoms. The number of carbonyl (C=O) groups is 1. The first kappa shape index (κ1) is 22.2. The average molecular weight is 441 g/mol. The van der Waals surface area contributed by atoms with Crippen LogP contribution in [-0.2, 0) is 10.0 Å². The summed E-state index contributed by atoms with van der Waals surface area (Å²) in [6.07, 6.45) is 0. The van der Waals surface area contributed by atoms with E-state index in [2.05, 4.69) is 10.0 Å². The molecular weight excluding hydrogens is 416 g/mol. The van der Waals surface area contributed by atoms with Crippen LogP contribution in [0.4, 0.5) is 5.69 Å². The molecule has 162 valence electrons. The Hall–Kier alpha value is -3.52. The van der Waals surface area contributed by atoms with E-state index < -0.39 is 10.0 Å². The molecule has 1 amide bonds. The Labute approximate surface area is 182 Å². The monoisotopic (exact) mass is 440 g/mol. The zero-order valence-corrected chi connectivity index (χ0v) is 18.3. The molecule has 0 unspecified atom stereocenters. The fourth-order valence-corrected chi connectivity index (χ4v) is 4.12. The maximum atomic E-state index is 12.7. The second kappa shape index (κ2) is 9.53. The summed E-state index contributed by atoms with van der Waals surface area (Å²) in [5, 5.41) is 2.92. The summed E-state index contributed by atoms with van der Waals surface area (Å²) >= 11 is 0. The molecule has 1 atom stereocenters. The molecule has 7 nitrogen and oxygen atoms in total. The quantitative estimate of drug-likeness (QED) is 0.552. The van der Waals surface area contributed by atoms with Crippen LogP contribution in [-0.4, -0.2) is 28.5 Å². The zero-order chi connectivity index (χ0) is 22.4. The summed E-state index contributed by atoms with van der Waals surface area (Å²) in [5.74, 6) is 1.00. The number of ether oxygens (including phenoxy) is 2. The molecule has 0 heterocycles. The maximum absolute atomic E-state index is 12.7. The standard InChI is InChI=1S/C23H24N2O5S/c1-16(21-15-19(29-2)13-14-22(21)30-3)24-23(26)17-9-11-18(12-10-17)25-31(27,28)20-7-5-4-6-8-20/h4-16,25H,1-3H3,(H,24,26)/t16-/m0/s1. The topological polar surface area (TPSA) is 93.7 Å². The van der Waals surface area contributed by atoms with E-state index in [4.69, 9.17) is 9.47 Å². The molecule has 0 aromatic heterocycles. The first-order valence-electron chi connectivity index (χ1n) is 9.55. The van der Waals surface area contributed by atoms with E-state index >= 15 is 0 Å². The summed E-state index contributed by atoms with van der Waals surface area (Å²) in [7, 11) is -0.556. The molecule has 0 aliphatic heterocycles. The summed E-state index contributed by atoms with van der Waals surface area (Å²) < 4.78 is 38.0. The smallest absolute Gasteiger partial charge is 0.261 e. The van der Waals surface area contributed by atoms with E-state index in [9.17, 15) is 13.2 Å². The van der Waals surface area contributed by atoms with E-state index in [1.54, 1.807) is 68.8 Å². The van der Waals surface area contributed by atoms with Crippen LogP contribution in [0.25, 0.3) is 0 Å². The number of methoxy groups -OCH3 is 2. The van der Waals surface area contributed by atoms with Crippen molar-refractivity contribution in [3.63, 3.8) is 0 Å². The number of hydrogen-bond acceptors (Lipinski definition) is 5. The number of carbonyl (C=O) groups excluding carboxylic acids is 1. The third-order valence-corrected chi connectivity index (χ3v) is 6.10. The highest BCUT2D eigenvalue weighted by atomic mass is 32.2. The van der Waals surface area contributed by atoms with Crippen molar-refractivity contribution in [2.75, 3.05) is 18.9 Å². The van der Waals surface area contributed by atoms with Crippen LogP contribution in [0, 0.1) is 0 Å². The van der Waals surface area contributed by atoms with Crippen LogP contribution in [0.2, 0.25) is 0 Å². The Balaban J connectivity index is 1.71. The van der Waals surface area contributed by atoms with Crippen LogP contribution in [0.1, 0.15) is 28.9 Å². The first-order valence-corrected chi connectivity index (χ1v) is 11.0. The van der Waals surface area contributed by atoms with Crippen LogP contribution < -0.4 is 19.5 Å².